The molecule has 0 aliphatic carbocycles. The third-order valence-electron chi connectivity index (χ3n) is 2.76. The average molecular weight is 332 g/mol. The van der Waals surface area contributed by atoms with Gasteiger partial charge in [0, 0.05) is 0 Å². The number of sulfonamides is 1. The zero-order valence-electron chi connectivity index (χ0n) is 12.3. The van der Waals surface area contributed by atoms with Crippen LogP contribution in [0, 0.1) is 6.92 Å². The molecule has 6 nitrogen and oxygen atoms in total. The molecule has 21 heavy (non-hydrogen) atoms. The van der Waals surface area contributed by atoms with Gasteiger partial charge in [-0.3, -0.25) is 9.63 Å². The lowest BCUT2D eigenvalue weighted by molar-refractivity contribution is -0.133. The Hall–Kier alpha value is -1.09. The van der Waals surface area contributed by atoms with Gasteiger partial charge in [0.05, 0.1) is 12.0 Å². The van der Waals surface area contributed by atoms with E-state index >= 15 is 0 Å². The minimum absolute atomic E-state index is 0.132. The van der Waals surface area contributed by atoms with E-state index in [1.54, 1.807) is 12.1 Å². The van der Waals surface area contributed by atoms with E-state index in [2.05, 4.69) is 15.0 Å². The van der Waals surface area contributed by atoms with Crippen LogP contribution >= 0.6 is 11.8 Å². The molecule has 1 amide bonds. The van der Waals surface area contributed by atoms with Crippen molar-refractivity contribution in [3.63, 3.8) is 0 Å². The predicted octanol–water partition coefficient (Wildman–Crippen LogP) is 1.07. The Bertz CT molecular complexity index is 558. The van der Waals surface area contributed by atoms with Crippen LogP contribution < -0.4 is 10.2 Å². The lowest BCUT2D eigenvalue weighted by Gasteiger charge is -2.17. The van der Waals surface area contributed by atoms with Crippen molar-refractivity contribution in [3.8, 4) is 0 Å². The zero-order chi connectivity index (χ0) is 15.9. The van der Waals surface area contributed by atoms with E-state index in [1.807, 2.05) is 13.2 Å². The molecule has 0 aromatic heterocycles. The number of carbonyl (C=O) groups is 1. The third kappa shape index (κ3) is 5.66. The quantitative estimate of drug-likeness (QED) is 0.696. The molecule has 0 radical (unpaired) electrons. The summed E-state index contributed by atoms with van der Waals surface area (Å²) in [6.45, 7) is 1.87. The average Bonchev–Trinajstić information content (AvgIpc) is 2.44. The molecule has 1 rings (SSSR count). The van der Waals surface area contributed by atoms with E-state index in [0.29, 0.717) is 12.2 Å². The van der Waals surface area contributed by atoms with Crippen LogP contribution in [0.1, 0.15) is 12.0 Å². The first-order valence-electron chi connectivity index (χ1n) is 6.31. The van der Waals surface area contributed by atoms with Crippen LogP contribution in [-0.2, 0) is 19.7 Å². The number of benzene rings is 1. The molecular formula is C13H20N2O4S2. The van der Waals surface area contributed by atoms with Crippen LogP contribution in [0.3, 0.4) is 0 Å². The van der Waals surface area contributed by atoms with Crippen molar-refractivity contribution in [1.82, 2.24) is 10.2 Å². The topological polar surface area (TPSA) is 84.5 Å². The minimum Gasteiger partial charge on any atom is -0.277 e. The summed E-state index contributed by atoms with van der Waals surface area (Å²) in [5, 5.41) is 0. The highest BCUT2D eigenvalue weighted by atomic mass is 32.2. The summed E-state index contributed by atoms with van der Waals surface area (Å²) in [5.74, 6) is 0.139. The number of hydroxylamine groups is 1. The second kappa shape index (κ2) is 8.38. The van der Waals surface area contributed by atoms with Gasteiger partial charge >= 0.3 is 0 Å². The highest BCUT2D eigenvalue weighted by Gasteiger charge is 2.25. The van der Waals surface area contributed by atoms with Crippen molar-refractivity contribution in [2.24, 2.45) is 0 Å². The van der Waals surface area contributed by atoms with Gasteiger partial charge in [-0.25, -0.2) is 13.9 Å². The molecule has 1 aromatic carbocycles. The van der Waals surface area contributed by atoms with Gasteiger partial charge in [-0.05, 0) is 37.5 Å². The molecule has 8 heteroatoms. The van der Waals surface area contributed by atoms with Crippen molar-refractivity contribution in [2.45, 2.75) is 24.3 Å². The van der Waals surface area contributed by atoms with Gasteiger partial charge in [0.2, 0.25) is 10.0 Å². The molecule has 0 saturated carbocycles. The molecule has 0 aliphatic rings. The van der Waals surface area contributed by atoms with E-state index in [9.17, 15) is 13.2 Å². The van der Waals surface area contributed by atoms with E-state index in [4.69, 9.17) is 0 Å². The molecule has 2 N–H and O–H groups in total. The molecule has 0 aliphatic heterocycles. The lowest BCUT2D eigenvalue weighted by Crippen LogP contribution is -2.46. The summed E-state index contributed by atoms with van der Waals surface area (Å²) < 4.78 is 27.0. The van der Waals surface area contributed by atoms with E-state index < -0.39 is 22.0 Å². The molecular weight excluding hydrogens is 312 g/mol. The van der Waals surface area contributed by atoms with Crippen molar-refractivity contribution in [3.05, 3.63) is 29.8 Å². The molecule has 0 saturated heterocycles. The Morgan fingerprint density at radius 1 is 1.33 bits per heavy atom. The predicted molar refractivity (Wildman–Crippen MR) is 83.4 cm³/mol. The van der Waals surface area contributed by atoms with Crippen molar-refractivity contribution in [1.29, 1.82) is 0 Å². The maximum atomic E-state index is 12.3. The number of hydrogen-bond donors (Lipinski definition) is 2. The summed E-state index contributed by atoms with van der Waals surface area (Å²) in [6.07, 6.45) is 2.27. The van der Waals surface area contributed by atoms with Crippen molar-refractivity contribution < 1.29 is 18.0 Å². The molecule has 0 heterocycles. The SMILES string of the molecule is CONC(=O)C(CCSC)NS(=O)(=O)c1ccc(C)cc1. The molecule has 0 fully saturated rings. The highest BCUT2D eigenvalue weighted by Crippen LogP contribution is 2.12. The standard InChI is InChI=1S/C13H20N2O4S2/c1-10-4-6-11(7-5-10)21(17,18)15-12(8-9-20-3)13(16)14-19-2/h4-7,12,15H,8-9H2,1-3H3,(H,14,16). The summed E-state index contributed by atoms with van der Waals surface area (Å²) in [5.41, 5.74) is 3.13. The van der Waals surface area contributed by atoms with Gasteiger partial charge in [-0.15, -0.1) is 0 Å². The highest BCUT2D eigenvalue weighted by molar-refractivity contribution is 7.98. The van der Waals surface area contributed by atoms with Gasteiger partial charge in [-0.2, -0.15) is 16.5 Å². The van der Waals surface area contributed by atoms with Gasteiger partial charge < -0.3 is 0 Å². The van der Waals surface area contributed by atoms with Crippen LogP contribution in [0.25, 0.3) is 0 Å². The van der Waals surface area contributed by atoms with Gasteiger partial charge in [-0.1, -0.05) is 17.7 Å². The second-order valence-corrected chi connectivity index (χ2v) is 7.14. The first kappa shape index (κ1) is 18.0. The number of amides is 1. The fourth-order valence-corrected chi connectivity index (χ4v) is 3.33. The fraction of sp³-hybridized carbons (Fsp3) is 0.462. The number of thioether (sulfide) groups is 1. The van der Waals surface area contributed by atoms with Gasteiger partial charge in [0.1, 0.15) is 6.04 Å². The molecule has 1 unspecified atom stereocenters. The third-order valence-corrected chi connectivity index (χ3v) is 4.89. The van der Waals surface area contributed by atoms with E-state index in [0.717, 1.165) is 5.56 Å². The molecule has 118 valence electrons. The Morgan fingerprint density at radius 2 is 1.95 bits per heavy atom. The van der Waals surface area contributed by atoms with Crippen LogP contribution in [0.2, 0.25) is 0 Å². The monoisotopic (exact) mass is 332 g/mol. The summed E-state index contributed by atoms with van der Waals surface area (Å²) in [7, 11) is -2.44. The first-order valence-corrected chi connectivity index (χ1v) is 9.19. The summed E-state index contributed by atoms with van der Waals surface area (Å²) >= 11 is 1.53. The molecule has 0 spiro atoms. The smallest absolute Gasteiger partial charge is 0.261 e. The first-order chi connectivity index (χ1) is 9.90. The largest absolute Gasteiger partial charge is 0.277 e. The number of hydrogen-bond acceptors (Lipinski definition) is 5. The van der Waals surface area contributed by atoms with Crippen LogP contribution in [0.5, 0.6) is 0 Å². The second-order valence-electron chi connectivity index (χ2n) is 4.44. The number of carbonyl (C=O) groups excluding carboxylic acids is 1. The van der Waals surface area contributed by atoms with Gasteiger partial charge in [0.15, 0.2) is 0 Å². The zero-order valence-corrected chi connectivity index (χ0v) is 13.9. The van der Waals surface area contributed by atoms with E-state index in [-0.39, 0.29) is 4.90 Å². The van der Waals surface area contributed by atoms with Crippen molar-refractivity contribution in [2.75, 3.05) is 19.1 Å². The maximum absolute atomic E-state index is 12.3. The van der Waals surface area contributed by atoms with Crippen LogP contribution in [0.15, 0.2) is 29.2 Å². The normalized spacial score (nSPS) is 12.9. The Kier molecular flexibility index (Phi) is 7.16. The molecule has 1 atom stereocenters. The fourth-order valence-electron chi connectivity index (χ4n) is 1.62. The number of rotatable bonds is 8. The Morgan fingerprint density at radius 3 is 2.48 bits per heavy atom. The molecule has 0 bridgehead atoms. The van der Waals surface area contributed by atoms with Crippen LogP contribution in [0.4, 0.5) is 0 Å². The maximum Gasteiger partial charge on any atom is 0.261 e. The Balaban J connectivity index is 2.89. The summed E-state index contributed by atoms with van der Waals surface area (Å²) in [6, 6.07) is 5.57. The summed E-state index contributed by atoms with van der Waals surface area (Å²) in [4.78, 5) is 16.5. The number of aryl methyl sites for hydroxylation is 1. The molecule has 1 aromatic rings. The van der Waals surface area contributed by atoms with Crippen LogP contribution in [-0.4, -0.2) is 39.5 Å². The van der Waals surface area contributed by atoms with E-state index in [1.165, 1.54) is 31.0 Å². The number of nitrogens with one attached hydrogen (secondary N) is 2. The lowest BCUT2D eigenvalue weighted by atomic mass is 10.2. The minimum atomic E-state index is -3.75. The van der Waals surface area contributed by atoms with Crippen molar-refractivity contribution >= 4 is 27.7 Å². The van der Waals surface area contributed by atoms with Gasteiger partial charge in [0.25, 0.3) is 5.91 Å². The Labute approximate surface area is 129 Å².